The van der Waals surface area contributed by atoms with Gasteiger partial charge in [-0.3, -0.25) is 4.79 Å². The number of halogens is 6. The number of ketones is 1. The molecule has 0 aliphatic heterocycles. The molecule has 1 unspecified atom stereocenters. The average molecular weight is 473 g/mol. The van der Waals surface area contributed by atoms with E-state index in [0.717, 1.165) is 18.6 Å². The minimum Gasteiger partial charge on any atom is -0.450 e. The van der Waals surface area contributed by atoms with Gasteiger partial charge in [-0.25, -0.2) is 4.79 Å². The number of hydrogen-bond acceptors (Lipinski definition) is 3. The van der Waals surface area contributed by atoms with Crippen molar-refractivity contribution < 1.29 is 40.7 Å². The van der Waals surface area contributed by atoms with Crippen molar-refractivity contribution in [2.45, 2.75) is 38.2 Å². The summed E-state index contributed by atoms with van der Waals surface area (Å²) in [6, 6.07) is 7.71. The van der Waals surface area contributed by atoms with E-state index in [1.165, 1.54) is 12.1 Å². The Morgan fingerprint density at radius 1 is 0.970 bits per heavy atom. The molecule has 0 aliphatic rings. The first kappa shape index (κ1) is 26.0. The van der Waals surface area contributed by atoms with E-state index < -0.39 is 47.0 Å². The first-order valence-corrected chi connectivity index (χ1v) is 9.91. The number of hydrogen-bond donors (Lipinski definition) is 1. The number of nitrogens with one attached hydrogen (secondary N) is 1. The molecular formula is C23H21F6NO3. The van der Waals surface area contributed by atoms with Crippen molar-refractivity contribution >= 4 is 18.0 Å². The van der Waals surface area contributed by atoms with Crippen LogP contribution in [0.5, 0.6) is 0 Å². The zero-order valence-electron chi connectivity index (χ0n) is 17.5. The average Bonchev–Trinajstić information content (AvgIpc) is 2.75. The van der Waals surface area contributed by atoms with E-state index in [2.05, 4.69) is 5.32 Å². The van der Waals surface area contributed by atoms with Crippen molar-refractivity contribution in [1.29, 1.82) is 0 Å². The second-order valence-electron chi connectivity index (χ2n) is 7.05. The molecule has 0 radical (unpaired) electrons. The van der Waals surface area contributed by atoms with E-state index in [1.807, 2.05) is 6.92 Å². The monoisotopic (exact) mass is 473 g/mol. The lowest BCUT2D eigenvalue weighted by Gasteiger charge is -2.17. The van der Waals surface area contributed by atoms with Crippen LogP contribution in [0.25, 0.3) is 6.08 Å². The summed E-state index contributed by atoms with van der Waals surface area (Å²) in [5.41, 5.74) is -3.11. The third kappa shape index (κ3) is 7.96. The maximum absolute atomic E-state index is 13.0. The van der Waals surface area contributed by atoms with Gasteiger partial charge in [-0.2, -0.15) is 26.3 Å². The lowest BCUT2D eigenvalue weighted by Crippen LogP contribution is -2.33. The van der Waals surface area contributed by atoms with E-state index in [0.29, 0.717) is 24.1 Å². The van der Waals surface area contributed by atoms with Gasteiger partial charge in [0, 0.05) is 0 Å². The molecule has 2 aromatic carbocycles. The molecule has 0 heterocycles. The van der Waals surface area contributed by atoms with E-state index in [-0.39, 0.29) is 12.7 Å². The number of benzene rings is 2. The van der Waals surface area contributed by atoms with Gasteiger partial charge in [0.05, 0.1) is 17.7 Å². The minimum absolute atomic E-state index is 0.000200. The van der Waals surface area contributed by atoms with Gasteiger partial charge in [-0.1, -0.05) is 49.8 Å². The Morgan fingerprint density at radius 3 is 2.06 bits per heavy atom. The van der Waals surface area contributed by atoms with Crippen molar-refractivity contribution in [3.05, 3.63) is 76.9 Å². The summed E-state index contributed by atoms with van der Waals surface area (Å²) in [5.74, 6) is -0.764. The van der Waals surface area contributed by atoms with Crippen LogP contribution in [0.2, 0.25) is 0 Å². The molecule has 1 amide bonds. The van der Waals surface area contributed by atoms with Crippen LogP contribution in [0.1, 0.15) is 48.1 Å². The Hall–Kier alpha value is -3.30. The number of alkyl halides is 6. The number of carbonyl (C=O) groups excluding carboxylic acids is 2. The Morgan fingerprint density at radius 2 is 1.55 bits per heavy atom. The second kappa shape index (κ2) is 11.0. The first-order valence-electron chi connectivity index (χ1n) is 9.91. The summed E-state index contributed by atoms with van der Waals surface area (Å²) in [4.78, 5) is 24.8. The Balaban J connectivity index is 2.33. The van der Waals surface area contributed by atoms with Crippen LogP contribution in [0.3, 0.4) is 0 Å². The molecule has 4 nitrogen and oxygen atoms in total. The van der Waals surface area contributed by atoms with E-state index in [4.69, 9.17) is 4.74 Å². The lowest BCUT2D eigenvalue weighted by atomic mass is 10.0. The van der Waals surface area contributed by atoms with Gasteiger partial charge in [0.15, 0.2) is 5.78 Å². The molecule has 10 heteroatoms. The topological polar surface area (TPSA) is 55.4 Å². The fourth-order valence-corrected chi connectivity index (χ4v) is 2.78. The van der Waals surface area contributed by atoms with Crippen molar-refractivity contribution in [1.82, 2.24) is 5.32 Å². The lowest BCUT2D eigenvalue weighted by molar-refractivity contribution is -0.143. The molecule has 0 bridgehead atoms. The van der Waals surface area contributed by atoms with E-state index in [1.54, 1.807) is 18.2 Å². The van der Waals surface area contributed by atoms with Crippen LogP contribution in [-0.2, 0) is 21.9 Å². The van der Waals surface area contributed by atoms with Gasteiger partial charge in [0.25, 0.3) is 0 Å². The maximum Gasteiger partial charge on any atom is 0.416 e. The van der Waals surface area contributed by atoms with Crippen molar-refractivity contribution in [3.8, 4) is 0 Å². The van der Waals surface area contributed by atoms with Crippen LogP contribution < -0.4 is 5.32 Å². The van der Waals surface area contributed by atoms with Gasteiger partial charge in [-0.05, 0) is 41.8 Å². The third-order valence-electron chi connectivity index (χ3n) is 4.46. The largest absolute Gasteiger partial charge is 0.450 e. The molecule has 1 N–H and O–H groups in total. The van der Waals surface area contributed by atoms with Crippen LogP contribution in [-0.4, -0.2) is 18.5 Å². The molecule has 0 saturated heterocycles. The summed E-state index contributed by atoms with van der Waals surface area (Å²) in [6.07, 6.45) is -7.86. The Bertz CT molecular complexity index is 952. The summed E-state index contributed by atoms with van der Waals surface area (Å²) >= 11 is 0. The molecule has 0 fully saturated rings. The summed E-state index contributed by atoms with van der Waals surface area (Å²) in [5, 5.41) is 2.38. The third-order valence-corrected chi connectivity index (χ3v) is 4.46. The van der Waals surface area contributed by atoms with E-state index in [9.17, 15) is 35.9 Å². The second-order valence-corrected chi connectivity index (χ2v) is 7.05. The van der Waals surface area contributed by atoms with E-state index >= 15 is 0 Å². The number of rotatable bonds is 8. The number of unbranched alkanes of at least 4 members (excludes halogenated alkanes) is 1. The highest BCUT2D eigenvalue weighted by molar-refractivity contribution is 5.99. The molecule has 1 atom stereocenters. The Labute approximate surface area is 186 Å². The molecule has 0 aliphatic carbocycles. The first-order chi connectivity index (χ1) is 15.4. The summed E-state index contributed by atoms with van der Waals surface area (Å²) < 4.78 is 83.2. The number of amides is 1. The molecule has 0 spiro atoms. The number of ether oxygens (including phenoxy) is 1. The SMILES string of the molecule is CCCCOC(=O)NC(C(=O)C=Cc1cc(C(F)(F)F)cc(C(F)(F)F)c1)c1ccccc1. The molecule has 2 aromatic rings. The highest BCUT2D eigenvalue weighted by atomic mass is 19.4. The van der Waals surface area contributed by atoms with Gasteiger partial charge < -0.3 is 10.1 Å². The Kier molecular flexibility index (Phi) is 8.67. The minimum atomic E-state index is -5.01. The standard InChI is InChI=1S/C23H21F6NO3/c1-2-3-11-33-21(32)30-20(16-7-5-4-6-8-16)19(31)10-9-15-12-17(22(24,25)26)14-18(13-15)23(27,28)29/h4-10,12-14,20H,2-3,11H2,1H3,(H,30,32). The van der Waals surface area contributed by atoms with Crippen LogP contribution in [0, 0.1) is 0 Å². The van der Waals surface area contributed by atoms with Gasteiger partial charge in [-0.15, -0.1) is 0 Å². The van der Waals surface area contributed by atoms with Crippen LogP contribution >= 0.6 is 0 Å². The highest BCUT2D eigenvalue weighted by Crippen LogP contribution is 2.36. The number of alkyl carbamates (subject to hydrolysis) is 1. The molecule has 0 saturated carbocycles. The number of carbonyl (C=O) groups is 2. The molecular weight excluding hydrogens is 452 g/mol. The van der Waals surface area contributed by atoms with Gasteiger partial charge in [0.2, 0.25) is 0 Å². The smallest absolute Gasteiger partial charge is 0.416 e. The van der Waals surface area contributed by atoms with Crippen molar-refractivity contribution in [2.75, 3.05) is 6.61 Å². The molecule has 0 aromatic heterocycles. The predicted molar refractivity (Wildman–Crippen MR) is 109 cm³/mol. The normalized spacial score (nSPS) is 13.1. The fraction of sp³-hybridized carbons (Fsp3) is 0.304. The predicted octanol–water partition coefficient (Wildman–Crippen LogP) is 6.57. The molecule has 2 rings (SSSR count). The summed E-state index contributed by atoms with van der Waals surface area (Å²) in [6.45, 7) is 2.01. The quantitative estimate of drug-likeness (QED) is 0.268. The molecule has 33 heavy (non-hydrogen) atoms. The highest BCUT2D eigenvalue weighted by Gasteiger charge is 2.36. The van der Waals surface area contributed by atoms with Crippen molar-refractivity contribution in [3.63, 3.8) is 0 Å². The fourth-order valence-electron chi connectivity index (χ4n) is 2.78. The van der Waals surface area contributed by atoms with Crippen LogP contribution in [0.4, 0.5) is 31.1 Å². The van der Waals surface area contributed by atoms with Gasteiger partial charge in [0.1, 0.15) is 6.04 Å². The van der Waals surface area contributed by atoms with Crippen molar-refractivity contribution in [2.24, 2.45) is 0 Å². The maximum atomic E-state index is 13.0. The zero-order valence-corrected chi connectivity index (χ0v) is 17.5. The van der Waals surface area contributed by atoms with Gasteiger partial charge >= 0.3 is 18.4 Å². The zero-order chi connectivity index (χ0) is 24.6. The summed E-state index contributed by atoms with van der Waals surface area (Å²) in [7, 11) is 0. The van der Waals surface area contributed by atoms with Crippen LogP contribution in [0.15, 0.2) is 54.6 Å². The molecule has 178 valence electrons.